The van der Waals surface area contributed by atoms with Crippen LogP contribution in [-0.2, 0) is 0 Å². The summed E-state index contributed by atoms with van der Waals surface area (Å²) in [5.74, 6) is 1.06. The Balaban J connectivity index is 2.35. The molecule has 0 radical (unpaired) electrons. The van der Waals surface area contributed by atoms with Gasteiger partial charge in [0.15, 0.2) is 0 Å². The van der Waals surface area contributed by atoms with Gasteiger partial charge in [-0.2, -0.15) is 5.26 Å². The molecule has 0 aliphatic carbocycles. The number of unbranched alkanes of at least 4 members (excludes halogenated alkanes) is 1. The SMILES string of the molecule is CCCCSc1ccccc1-c1ccc(C#N)c(=O)[nH]1. The highest BCUT2D eigenvalue weighted by molar-refractivity contribution is 7.99. The van der Waals surface area contributed by atoms with Gasteiger partial charge >= 0.3 is 0 Å². The van der Waals surface area contributed by atoms with E-state index < -0.39 is 0 Å². The molecule has 1 heterocycles. The van der Waals surface area contributed by atoms with Crippen molar-refractivity contribution in [2.24, 2.45) is 0 Å². The first-order valence-corrected chi connectivity index (χ1v) is 7.60. The summed E-state index contributed by atoms with van der Waals surface area (Å²) in [7, 11) is 0. The molecule has 2 rings (SSSR count). The van der Waals surface area contributed by atoms with Crippen molar-refractivity contribution < 1.29 is 0 Å². The molecular weight excluding hydrogens is 268 g/mol. The number of nitriles is 1. The van der Waals surface area contributed by atoms with E-state index in [0.717, 1.165) is 21.9 Å². The number of hydrogen-bond donors (Lipinski definition) is 1. The molecule has 0 atom stereocenters. The van der Waals surface area contributed by atoms with E-state index in [4.69, 9.17) is 5.26 Å². The van der Waals surface area contributed by atoms with Gasteiger partial charge in [-0.25, -0.2) is 0 Å². The second kappa shape index (κ2) is 6.97. The summed E-state index contributed by atoms with van der Waals surface area (Å²) >= 11 is 1.80. The monoisotopic (exact) mass is 284 g/mol. The van der Waals surface area contributed by atoms with Crippen molar-refractivity contribution in [1.29, 1.82) is 5.26 Å². The lowest BCUT2D eigenvalue weighted by Crippen LogP contribution is -2.10. The number of thioether (sulfide) groups is 1. The number of benzene rings is 1. The number of aromatic nitrogens is 1. The number of aromatic amines is 1. The minimum absolute atomic E-state index is 0.143. The number of nitrogens with zero attached hydrogens (tertiary/aromatic N) is 1. The van der Waals surface area contributed by atoms with Crippen LogP contribution < -0.4 is 5.56 Å². The molecule has 0 aliphatic rings. The highest BCUT2D eigenvalue weighted by Gasteiger charge is 2.07. The van der Waals surface area contributed by atoms with Gasteiger partial charge in [0.05, 0.1) is 0 Å². The van der Waals surface area contributed by atoms with Crippen molar-refractivity contribution in [3.63, 3.8) is 0 Å². The van der Waals surface area contributed by atoms with Crippen LogP contribution in [0.5, 0.6) is 0 Å². The molecule has 4 heteroatoms. The zero-order valence-corrected chi connectivity index (χ0v) is 12.2. The molecule has 2 aromatic rings. The van der Waals surface area contributed by atoms with Crippen LogP contribution in [-0.4, -0.2) is 10.7 Å². The van der Waals surface area contributed by atoms with Crippen molar-refractivity contribution >= 4 is 11.8 Å². The standard InChI is InChI=1S/C16H16N2OS/c1-2-3-10-20-15-7-5-4-6-13(15)14-9-8-12(11-17)16(19)18-14/h4-9H,2-3,10H2,1H3,(H,18,19). The lowest BCUT2D eigenvalue weighted by Gasteiger charge is -2.09. The van der Waals surface area contributed by atoms with Gasteiger partial charge in [0.1, 0.15) is 11.6 Å². The summed E-state index contributed by atoms with van der Waals surface area (Å²) in [5.41, 5.74) is 1.58. The van der Waals surface area contributed by atoms with E-state index in [2.05, 4.69) is 18.0 Å². The summed E-state index contributed by atoms with van der Waals surface area (Å²) in [6.07, 6.45) is 2.34. The van der Waals surface area contributed by atoms with Crippen molar-refractivity contribution in [2.75, 3.05) is 5.75 Å². The van der Waals surface area contributed by atoms with Crippen molar-refractivity contribution in [3.05, 3.63) is 52.3 Å². The highest BCUT2D eigenvalue weighted by atomic mass is 32.2. The Labute approximate surface area is 122 Å². The van der Waals surface area contributed by atoms with Crippen LogP contribution in [0.3, 0.4) is 0 Å². The van der Waals surface area contributed by atoms with Crippen LogP contribution in [0.2, 0.25) is 0 Å². The van der Waals surface area contributed by atoms with Crippen molar-refractivity contribution in [2.45, 2.75) is 24.7 Å². The van der Waals surface area contributed by atoms with Crippen LogP contribution in [0.4, 0.5) is 0 Å². The van der Waals surface area contributed by atoms with Gasteiger partial charge in [-0.15, -0.1) is 11.8 Å². The van der Waals surface area contributed by atoms with Gasteiger partial charge in [-0.3, -0.25) is 4.79 Å². The summed E-state index contributed by atoms with van der Waals surface area (Å²) in [6.45, 7) is 2.17. The van der Waals surface area contributed by atoms with E-state index in [0.29, 0.717) is 0 Å². The molecule has 3 nitrogen and oxygen atoms in total. The van der Waals surface area contributed by atoms with Crippen molar-refractivity contribution in [1.82, 2.24) is 4.98 Å². The minimum Gasteiger partial charge on any atom is -0.321 e. The van der Waals surface area contributed by atoms with E-state index in [-0.39, 0.29) is 11.1 Å². The second-order valence-electron chi connectivity index (χ2n) is 4.42. The summed E-state index contributed by atoms with van der Waals surface area (Å²) in [4.78, 5) is 15.7. The van der Waals surface area contributed by atoms with E-state index in [1.807, 2.05) is 24.3 Å². The Kier molecular flexibility index (Phi) is 5.03. The van der Waals surface area contributed by atoms with Crippen LogP contribution in [0.15, 0.2) is 46.1 Å². The fourth-order valence-corrected chi connectivity index (χ4v) is 3.02. The molecule has 20 heavy (non-hydrogen) atoms. The first-order chi connectivity index (χ1) is 9.76. The molecule has 0 unspecified atom stereocenters. The zero-order valence-electron chi connectivity index (χ0n) is 11.3. The second-order valence-corrected chi connectivity index (χ2v) is 5.56. The molecule has 1 aromatic carbocycles. The number of nitrogens with one attached hydrogen (secondary N) is 1. The fraction of sp³-hybridized carbons (Fsp3) is 0.250. The van der Waals surface area contributed by atoms with Crippen molar-refractivity contribution in [3.8, 4) is 17.3 Å². The summed E-state index contributed by atoms with van der Waals surface area (Å²) in [6, 6.07) is 13.3. The van der Waals surface area contributed by atoms with E-state index in [1.165, 1.54) is 12.8 Å². The molecule has 0 bridgehead atoms. The third-order valence-electron chi connectivity index (χ3n) is 2.96. The molecule has 1 aromatic heterocycles. The number of H-pyrrole nitrogens is 1. The predicted octanol–water partition coefficient (Wildman–Crippen LogP) is 3.81. The van der Waals surface area contributed by atoms with Gasteiger partial charge in [-0.05, 0) is 30.4 Å². The molecule has 0 aliphatic heterocycles. The molecule has 0 amide bonds. The number of rotatable bonds is 5. The van der Waals surface area contributed by atoms with E-state index in [9.17, 15) is 4.79 Å². The lowest BCUT2D eigenvalue weighted by atomic mass is 10.1. The lowest BCUT2D eigenvalue weighted by molar-refractivity contribution is 0.896. The van der Waals surface area contributed by atoms with E-state index >= 15 is 0 Å². The molecule has 102 valence electrons. The first-order valence-electron chi connectivity index (χ1n) is 6.62. The average molecular weight is 284 g/mol. The van der Waals surface area contributed by atoms with Gasteiger partial charge < -0.3 is 4.98 Å². The normalized spacial score (nSPS) is 10.2. The van der Waals surface area contributed by atoms with Crippen LogP contribution >= 0.6 is 11.8 Å². The Morgan fingerprint density at radius 3 is 2.75 bits per heavy atom. The Morgan fingerprint density at radius 2 is 2.05 bits per heavy atom. The molecule has 0 saturated carbocycles. The third kappa shape index (κ3) is 3.31. The van der Waals surface area contributed by atoms with Crippen LogP contribution in [0.1, 0.15) is 25.3 Å². The molecule has 1 N–H and O–H groups in total. The fourth-order valence-electron chi connectivity index (χ4n) is 1.86. The molecule has 0 saturated heterocycles. The Bertz CT molecular complexity index is 685. The average Bonchev–Trinajstić information content (AvgIpc) is 2.48. The molecule has 0 fully saturated rings. The zero-order chi connectivity index (χ0) is 14.4. The Hall–Kier alpha value is -1.99. The maximum absolute atomic E-state index is 11.7. The van der Waals surface area contributed by atoms with E-state index in [1.54, 1.807) is 23.9 Å². The van der Waals surface area contributed by atoms with Crippen LogP contribution in [0, 0.1) is 11.3 Å². The largest absolute Gasteiger partial charge is 0.321 e. The number of hydrogen-bond acceptors (Lipinski definition) is 3. The number of pyridine rings is 1. The maximum Gasteiger partial charge on any atom is 0.266 e. The first kappa shape index (κ1) is 14.4. The predicted molar refractivity (Wildman–Crippen MR) is 82.8 cm³/mol. The topological polar surface area (TPSA) is 56.6 Å². The molecule has 0 spiro atoms. The van der Waals surface area contributed by atoms with Gasteiger partial charge in [-0.1, -0.05) is 31.5 Å². The molecular formula is C16H16N2OS. The Morgan fingerprint density at radius 1 is 1.25 bits per heavy atom. The summed E-state index contributed by atoms with van der Waals surface area (Å²) < 4.78 is 0. The smallest absolute Gasteiger partial charge is 0.266 e. The maximum atomic E-state index is 11.7. The quantitative estimate of drug-likeness (QED) is 0.671. The third-order valence-corrected chi connectivity index (χ3v) is 4.12. The van der Waals surface area contributed by atoms with Gasteiger partial charge in [0.25, 0.3) is 5.56 Å². The van der Waals surface area contributed by atoms with Crippen LogP contribution in [0.25, 0.3) is 11.3 Å². The van der Waals surface area contributed by atoms with Gasteiger partial charge in [0, 0.05) is 16.2 Å². The van der Waals surface area contributed by atoms with Gasteiger partial charge in [0.2, 0.25) is 0 Å². The summed E-state index contributed by atoms with van der Waals surface area (Å²) in [5, 5.41) is 8.80. The minimum atomic E-state index is -0.335. The highest BCUT2D eigenvalue weighted by Crippen LogP contribution is 2.30.